The smallest absolute Gasteiger partial charge is 0.0591 e. The van der Waals surface area contributed by atoms with Crippen LogP contribution in [0.4, 0.5) is 0 Å². The van der Waals surface area contributed by atoms with Crippen molar-refractivity contribution in [3.8, 4) is 0 Å². The summed E-state index contributed by atoms with van der Waals surface area (Å²) in [6.45, 7) is 9.60. The van der Waals surface area contributed by atoms with E-state index in [4.69, 9.17) is 0 Å². The van der Waals surface area contributed by atoms with Crippen molar-refractivity contribution in [2.75, 3.05) is 6.54 Å². The second-order valence-corrected chi connectivity index (χ2v) is 5.61. The first-order valence-electron chi connectivity index (χ1n) is 7.36. The summed E-state index contributed by atoms with van der Waals surface area (Å²) >= 11 is 0. The molecule has 2 heteroatoms. The maximum Gasteiger partial charge on any atom is 0.0591 e. The normalized spacial score (nSPS) is 12.7. The van der Waals surface area contributed by atoms with Gasteiger partial charge in [0.2, 0.25) is 0 Å². The molecule has 2 nitrogen and oxygen atoms in total. The molecule has 0 aliphatic rings. The van der Waals surface area contributed by atoms with Gasteiger partial charge in [-0.2, -0.15) is 0 Å². The largest absolute Gasteiger partial charge is 0.306 e. The number of aryl methyl sites for hydroxylation is 1. The third-order valence-electron chi connectivity index (χ3n) is 3.57. The highest BCUT2D eigenvalue weighted by atomic mass is 14.9. The summed E-state index contributed by atoms with van der Waals surface area (Å²) < 4.78 is 0. The molecule has 1 heterocycles. The first-order chi connectivity index (χ1) is 9.61. The molecule has 0 aliphatic heterocycles. The van der Waals surface area contributed by atoms with Crippen molar-refractivity contribution in [3.63, 3.8) is 0 Å². The van der Waals surface area contributed by atoms with Crippen LogP contribution in [-0.4, -0.2) is 11.5 Å². The van der Waals surface area contributed by atoms with Gasteiger partial charge in [-0.15, -0.1) is 0 Å². The Morgan fingerprint density at radius 1 is 1.00 bits per heavy atom. The molecule has 1 atom stereocenters. The van der Waals surface area contributed by atoms with Crippen molar-refractivity contribution in [3.05, 3.63) is 65.0 Å². The highest BCUT2D eigenvalue weighted by molar-refractivity contribution is 5.34. The lowest BCUT2D eigenvalue weighted by molar-refractivity contribution is 0.627. The molecule has 20 heavy (non-hydrogen) atoms. The first kappa shape index (κ1) is 14.7. The molecule has 0 aliphatic carbocycles. The quantitative estimate of drug-likeness (QED) is 0.878. The summed E-state index contributed by atoms with van der Waals surface area (Å²) in [4.78, 5) is 4.32. The molecule has 2 rings (SSSR count). The Morgan fingerprint density at radius 3 is 2.20 bits per heavy atom. The van der Waals surface area contributed by atoms with E-state index in [1.807, 2.05) is 12.4 Å². The average Bonchev–Trinajstić information content (AvgIpc) is 2.45. The Hall–Kier alpha value is -1.67. The lowest BCUT2D eigenvalue weighted by Gasteiger charge is -2.19. The predicted molar refractivity (Wildman–Crippen MR) is 85.0 cm³/mol. The van der Waals surface area contributed by atoms with E-state index in [-0.39, 0.29) is 6.04 Å². The van der Waals surface area contributed by atoms with E-state index < -0.39 is 0 Å². The van der Waals surface area contributed by atoms with Crippen molar-refractivity contribution in [1.82, 2.24) is 10.3 Å². The molecule has 0 fully saturated rings. The molecule has 106 valence electrons. The minimum Gasteiger partial charge on any atom is -0.306 e. The summed E-state index contributed by atoms with van der Waals surface area (Å²) in [5.41, 5.74) is 5.10. The van der Waals surface area contributed by atoms with Crippen LogP contribution in [0.25, 0.3) is 0 Å². The monoisotopic (exact) mass is 268 g/mol. The van der Waals surface area contributed by atoms with E-state index in [2.05, 4.69) is 68.3 Å². The van der Waals surface area contributed by atoms with Crippen LogP contribution in [0.3, 0.4) is 0 Å². The Labute approximate surface area is 122 Å². The summed E-state index contributed by atoms with van der Waals surface area (Å²) in [6.07, 6.45) is 3.85. The fourth-order valence-corrected chi connectivity index (χ4v) is 2.44. The van der Waals surface area contributed by atoms with Gasteiger partial charge in [-0.1, -0.05) is 51.1 Å². The van der Waals surface area contributed by atoms with Crippen LogP contribution in [0, 0.1) is 6.92 Å². The van der Waals surface area contributed by atoms with Crippen LogP contribution in [0.1, 0.15) is 55.0 Å². The van der Waals surface area contributed by atoms with Crippen molar-refractivity contribution >= 4 is 0 Å². The van der Waals surface area contributed by atoms with Gasteiger partial charge in [0.05, 0.1) is 6.04 Å². The van der Waals surface area contributed by atoms with Gasteiger partial charge < -0.3 is 5.32 Å². The van der Waals surface area contributed by atoms with Gasteiger partial charge >= 0.3 is 0 Å². The molecular weight excluding hydrogens is 244 g/mol. The molecular formula is C18H24N2. The zero-order valence-corrected chi connectivity index (χ0v) is 12.9. The Bertz CT molecular complexity index is 544. The van der Waals surface area contributed by atoms with Gasteiger partial charge in [0.1, 0.15) is 0 Å². The molecule has 0 radical (unpaired) electrons. The number of nitrogens with zero attached hydrogens (tertiary/aromatic N) is 1. The summed E-state index contributed by atoms with van der Waals surface area (Å²) in [6, 6.07) is 11.3. The second kappa shape index (κ2) is 6.67. The molecule has 1 N–H and O–H groups in total. The Balaban J connectivity index is 2.33. The molecule has 1 aromatic heterocycles. The topological polar surface area (TPSA) is 24.9 Å². The molecule has 0 bridgehead atoms. The van der Waals surface area contributed by atoms with Crippen molar-refractivity contribution in [2.45, 2.75) is 39.7 Å². The maximum atomic E-state index is 4.32. The molecule has 1 aromatic carbocycles. The van der Waals surface area contributed by atoms with Crippen LogP contribution in [0.15, 0.2) is 42.7 Å². The molecule has 1 unspecified atom stereocenters. The third kappa shape index (κ3) is 3.45. The van der Waals surface area contributed by atoms with Crippen molar-refractivity contribution in [2.24, 2.45) is 0 Å². The van der Waals surface area contributed by atoms with Crippen molar-refractivity contribution < 1.29 is 0 Å². The number of pyridine rings is 1. The van der Waals surface area contributed by atoms with Crippen LogP contribution in [-0.2, 0) is 0 Å². The van der Waals surface area contributed by atoms with Gasteiger partial charge in [0.25, 0.3) is 0 Å². The van der Waals surface area contributed by atoms with E-state index in [9.17, 15) is 0 Å². The van der Waals surface area contributed by atoms with Gasteiger partial charge in [-0.25, -0.2) is 0 Å². The van der Waals surface area contributed by atoms with E-state index in [1.54, 1.807) is 0 Å². The highest BCUT2D eigenvalue weighted by Gasteiger charge is 2.13. The molecule has 2 aromatic rings. The second-order valence-electron chi connectivity index (χ2n) is 5.61. The van der Waals surface area contributed by atoms with Crippen LogP contribution >= 0.6 is 0 Å². The molecule has 0 spiro atoms. The minimum absolute atomic E-state index is 0.216. The van der Waals surface area contributed by atoms with Crippen molar-refractivity contribution in [1.29, 1.82) is 0 Å². The average molecular weight is 268 g/mol. The van der Waals surface area contributed by atoms with Gasteiger partial charge in [0.15, 0.2) is 0 Å². The first-order valence-corrected chi connectivity index (χ1v) is 7.36. The van der Waals surface area contributed by atoms with Gasteiger partial charge in [0, 0.05) is 12.4 Å². The maximum absolute atomic E-state index is 4.32. The standard InChI is InChI=1S/C18H24N2/c1-5-20-18(17-10-14(4)11-19-12-17)16-8-6-15(7-9-16)13(2)3/h6-13,18,20H,5H2,1-4H3. The summed E-state index contributed by atoms with van der Waals surface area (Å²) in [5, 5.41) is 3.55. The van der Waals surface area contributed by atoms with Crippen LogP contribution in [0.2, 0.25) is 0 Å². The van der Waals surface area contributed by atoms with Crippen LogP contribution in [0.5, 0.6) is 0 Å². The predicted octanol–water partition coefficient (Wildman–Crippen LogP) is 4.21. The van der Waals surface area contributed by atoms with Gasteiger partial charge in [-0.3, -0.25) is 4.98 Å². The number of hydrogen-bond donors (Lipinski definition) is 1. The van der Waals surface area contributed by atoms with E-state index in [0.29, 0.717) is 5.92 Å². The molecule has 0 saturated heterocycles. The SMILES string of the molecule is CCNC(c1ccc(C(C)C)cc1)c1cncc(C)c1. The van der Waals surface area contributed by atoms with E-state index >= 15 is 0 Å². The zero-order valence-electron chi connectivity index (χ0n) is 12.9. The summed E-state index contributed by atoms with van der Waals surface area (Å²) in [5.74, 6) is 0.572. The minimum atomic E-state index is 0.216. The fourth-order valence-electron chi connectivity index (χ4n) is 2.44. The highest BCUT2D eigenvalue weighted by Crippen LogP contribution is 2.24. The molecule has 0 saturated carbocycles. The third-order valence-corrected chi connectivity index (χ3v) is 3.57. The Morgan fingerprint density at radius 2 is 1.65 bits per heavy atom. The number of rotatable bonds is 5. The Kier molecular flexibility index (Phi) is 4.91. The summed E-state index contributed by atoms with van der Waals surface area (Å²) in [7, 11) is 0. The number of benzene rings is 1. The zero-order chi connectivity index (χ0) is 14.5. The van der Waals surface area contributed by atoms with E-state index in [0.717, 1.165) is 6.54 Å². The number of hydrogen-bond acceptors (Lipinski definition) is 2. The number of nitrogens with one attached hydrogen (secondary N) is 1. The van der Waals surface area contributed by atoms with Crippen LogP contribution < -0.4 is 5.32 Å². The molecule has 0 amide bonds. The fraction of sp³-hybridized carbons (Fsp3) is 0.389. The number of aromatic nitrogens is 1. The van der Waals surface area contributed by atoms with E-state index in [1.165, 1.54) is 22.3 Å². The lowest BCUT2D eigenvalue weighted by atomic mass is 9.95. The van der Waals surface area contributed by atoms with Gasteiger partial charge in [-0.05, 0) is 41.6 Å². The lowest BCUT2D eigenvalue weighted by Crippen LogP contribution is -2.22.